The van der Waals surface area contributed by atoms with Crippen molar-refractivity contribution in [3.8, 4) is 19.5 Å². The van der Waals surface area contributed by atoms with Crippen molar-refractivity contribution < 1.29 is 66.6 Å². The number of fused-ring (bicyclic) bond motifs is 2. The first-order chi connectivity index (χ1) is 52.5. The van der Waals surface area contributed by atoms with Crippen molar-refractivity contribution in [3.63, 3.8) is 0 Å². The van der Waals surface area contributed by atoms with Crippen LogP contribution in [0, 0.1) is 0 Å². The van der Waals surface area contributed by atoms with Crippen LogP contribution in [0.4, 0.5) is 19.2 Å². The van der Waals surface area contributed by atoms with E-state index in [1.54, 1.807) is 130 Å². The quantitative estimate of drug-likeness (QED) is 0.0352. The van der Waals surface area contributed by atoms with Gasteiger partial charge in [-0.2, -0.15) is 0 Å². The standard InChI is InChI=1S/C44H52N2O6S4.C24H22Br2N2O6S2.C16H27BO2S/c1-9-11-13-15-17-27-19-21-29(53-27)31-23-25-33(55-31)37-35-36(40(48)45(37)41(49)51-43(3,4)5)38(46(39(35)47)42(50)52-44(6,7)8)34-26-24-32(56-34)30-22-20-28(54-30)18-16-14-12-10-2;1-23(2,3)33-21(31)27-17(11-7-9-13(25)35-11)15-16(19(27)29)18(12-8-10-14(26)36-12)28(20(15)30)22(32)34-24(4,5)6;1-6-7-8-9-10-13-11-12-14(20-13)17-18-15(2,3)16(4,5)19-17/h19-26H,9-18H2,1-8H3;7-10H,1-6H3;11-12H,6-10H2,1-5H3. The van der Waals surface area contributed by atoms with Gasteiger partial charge in [0.25, 0.3) is 23.6 Å². The number of carbonyl (C=O) groups excluding carboxylic acids is 8. The van der Waals surface area contributed by atoms with Crippen LogP contribution in [0.15, 0.2) is 115 Å². The minimum Gasteiger partial charge on any atom is -0.443 e. The average Bonchev–Trinajstić information content (AvgIpc) is 1.55. The third-order valence-corrected chi connectivity index (χ3v) is 27.7. The van der Waals surface area contributed by atoms with Crippen molar-refractivity contribution in [2.24, 2.45) is 0 Å². The molecule has 1 saturated heterocycles. The summed E-state index contributed by atoms with van der Waals surface area (Å²) in [6, 6.07) is 27.4. The molecule has 600 valence electrons. The van der Waals surface area contributed by atoms with E-state index in [0.717, 1.165) is 72.4 Å². The molecule has 18 nitrogen and oxygen atoms in total. The van der Waals surface area contributed by atoms with Crippen LogP contribution in [0.3, 0.4) is 0 Å². The number of halogens is 2. The maximum atomic E-state index is 14.7. The number of hydrogen-bond donors (Lipinski definition) is 0. The number of imide groups is 4. The second-order valence-corrected chi connectivity index (χ2v) is 43.4. The van der Waals surface area contributed by atoms with Gasteiger partial charge in [0.1, 0.15) is 22.4 Å². The lowest BCUT2D eigenvalue weighted by Crippen LogP contribution is -2.41. The molecule has 12 heterocycles. The summed E-state index contributed by atoms with van der Waals surface area (Å²) in [4.78, 5) is 126. The molecule has 28 heteroatoms. The van der Waals surface area contributed by atoms with Gasteiger partial charge in [0, 0.05) is 38.9 Å². The molecule has 0 saturated carbocycles. The van der Waals surface area contributed by atoms with E-state index in [0.29, 0.717) is 19.5 Å². The molecule has 8 amide bonds. The molecule has 1 fully saturated rings. The highest BCUT2D eigenvalue weighted by Crippen LogP contribution is 2.54. The molecule has 0 atom stereocenters. The topological polar surface area (TPSA) is 205 Å². The summed E-state index contributed by atoms with van der Waals surface area (Å²) in [7, 11) is -0.200. The predicted octanol–water partition coefficient (Wildman–Crippen LogP) is 24.4. The number of amides is 8. The number of hydrogen-bond acceptors (Lipinski definition) is 21. The summed E-state index contributed by atoms with van der Waals surface area (Å²) < 4.78 is 37.5. The van der Waals surface area contributed by atoms with Crippen molar-refractivity contribution in [3.05, 3.63) is 149 Å². The van der Waals surface area contributed by atoms with Crippen molar-refractivity contribution in [1.29, 1.82) is 0 Å². The molecule has 7 aromatic rings. The lowest BCUT2D eigenvalue weighted by atomic mass is 9.88. The van der Waals surface area contributed by atoms with Gasteiger partial charge in [0.2, 0.25) is 0 Å². The van der Waals surface area contributed by atoms with E-state index in [9.17, 15) is 38.4 Å². The fourth-order valence-electron chi connectivity index (χ4n) is 12.6. The van der Waals surface area contributed by atoms with Gasteiger partial charge in [-0.15, -0.1) is 79.4 Å². The highest BCUT2D eigenvalue weighted by atomic mass is 79.9. The molecule has 0 aromatic carbocycles. The predicted molar refractivity (Wildman–Crippen MR) is 463 cm³/mol. The van der Waals surface area contributed by atoms with Gasteiger partial charge < -0.3 is 28.3 Å². The van der Waals surface area contributed by atoms with Crippen molar-refractivity contribution in [2.75, 3.05) is 0 Å². The van der Waals surface area contributed by atoms with E-state index >= 15 is 0 Å². The Bertz CT molecular complexity index is 4560. The van der Waals surface area contributed by atoms with Crippen molar-refractivity contribution >= 4 is 194 Å². The first-order valence-electron chi connectivity index (χ1n) is 38.2. The molecule has 0 spiro atoms. The lowest BCUT2D eigenvalue weighted by Gasteiger charge is -2.32. The first-order valence-corrected chi connectivity index (χ1v) is 45.5. The molecule has 5 aliphatic rings. The molecular formula is C84H101BBr2N4O14S7. The summed E-state index contributed by atoms with van der Waals surface area (Å²) in [5.41, 5.74) is -3.86. The maximum Gasteiger partial charge on any atom is 0.505 e. The lowest BCUT2D eigenvalue weighted by molar-refractivity contribution is -0.123. The zero-order valence-electron chi connectivity index (χ0n) is 67.4. The highest BCUT2D eigenvalue weighted by molar-refractivity contribution is 9.11. The minimum absolute atomic E-state index is 0.0154. The minimum atomic E-state index is -0.919. The van der Waals surface area contributed by atoms with Gasteiger partial charge in [-0.05, 0) is 260 Å². The smallest absolute Gasteiger partial charge is 0.443 e. The molecule has 0 radical (unpaired) electrons. The van der Waals surface area contributed by atoms with Gasteiger partial charge in [-0.25, -0.2) is 38.8 Å². The molecule has 0 N–H and O–H groups in total. The van der Waals surface area contributed by atoms with E-state index in [1.165, 1.54) is 135 Å². The zero-order chi connectivity index (χ0) is 81.9. The normalized spacial score (nSPS) is 16.3. The van der Waals surface area contributed by atoms with Gasteiger partial charge >= 0.3 is 31.5 Å². The van der Waals surface area contributed by atoms with Crippen LogP contribution in [0.25, 0.3) is 42.3 Å². The van der Waals surface area contributed by atoms with Gasteiger partial charge in [0.05, 0.1) is 83.4 Å². The van der Waals surface area contributed by atoms with Crippen molar-refractivity contribution in [2.45, 2.75) is 261 Å². The molecular weight excluding hydrogens is 1680 g/mol. The molecule has 112 heavy (non-hydrogen) atoms. The maximum absolute atomic E-state index is 14.7. The molecule has 7 aromatic heterocycles. The number of aryl methyl sites for hydroxylation is 3. The van der Waals surface area contributed by atoms with E-state index in [-0.39, 0.29) is 63.4 Å². The van der Waals surface area contributed by atoms with Crippen LogP contribution in [0.2, 0.25) is 0 Å². The van der Waals surface area contributed by atoms with Gasteiger partial charge in [-0.3, -0.25) is 19.2 Å². The van der Waals surface area contributed by atoms with Crippen LogP contribution in [-0.2, 0) is 66.7 Å². The Hall–Kier alpha value is -6.44. The Balaban J connectivity index is 0.000000201. The summed E-state index contributed by atoms with van der Waals surface area (Å²) in [5, 5.41) is 0. The Kier molecular flexibility index (Phi) is 28.2. The molecule has 0 aliphatic carbocycles. The third-order valence-electron chi connectivity index (χ3n) is 18.4. The van der Waals surface area contributed by atoms with E-state index < -0.39 is 70.4 Å². The summed E-state index contributed by atoms with van der Waals surface area (Å²) in [6.45, 7) is 35.6. The second-order valence-electron chi connectivity index (χ2n) is 32.8. The number of nitrogens with zero attached hydrogens (tertiary/aromatic N) is 4. The zero-order valence-corrected chi connectivity index (χ0v) is 76.3. The van der Waals surface area contributed by atoms with Crippen LogP contribution in [0.5, 0.6) is 0 Å². The second kappa shape index (κ2) is 36.0. The number of ether oxygens (including phenoxy) is 4. The number of thiophene rings is 7. The van der Waals surface area contributed by atoms with Crippen LogP contribution >= 0.6 is 111 Å². The largest absolute Gasteiger partial charge is 0.505 e. The van der Waals surface area contributed by atoms with Crippen LogP contribution in [0.1, 0.15) is 243 Å². The summed E-state index contributed by atoms with van der Waals surface area (Å²) >= 11 is 17.4. The highest BCUT2D eigenvalue weighted by Gasteiger charge is 2.57. The van der Waals surface area contributed by atoms with Gasteiger partial charge in [-0.1, -0.05) is 84.6 Å². The Morgan fingerprint density at radius 3 is 0.875 bits per heavy atom. The van der Waals surface area contributed by atoms with Gasteiger partial charge in [0.15, 0.2) is 0 Å². The number of rotatable bonds is 22. The third kappa shape index (κ3) is 20.7. The molecule has 5 aliphatic heterocycles. The van der Waals surface area contributed by atoms with Crippen LogP contribution < -0.4 is 4.78 Å². The Labute approximate surface area is 704 Å². The summed E-state index contributed by atoms with van der Waals surface area (Å²) in [6.07, 6.45) is 14.4. The fourth-order valence-corrected chi connectivity index (χ4v) is 20.9. The van der Waals surface area contributed by atoms with Crippen LogP contribution in [-0.4, -0.2) is 108 Å². The monoisotopic (exact) mass is 1780 g/mol. The Morgan fingerprint density at radius 2 is 0.598 bits per heavy atom. The molecule has 12 rings (SSSR count). The molecule has 0 unspecified atom stereocenters. The van der Waals surface area contributed by atoms with E-state index in [4.69, 9.17) is 28.3 Å². The first kappa shape index (κ1) is 87.9. The van der Waals surface area contributed by atoms with Crippen molar-refractivity contribution in [1.82, 2.24) is 19.6 Å². The number of unbranched alkanes of at least 4 members (excludes halogenated alkanes) is 9. The van der Waals surface area contributed by atoms with E-state index in [1.807, 2.05) is 35.6 Å². The number of carbonyl (C=O) groups is 8. The Morgan fingerprint density at radius 1 is 0.348 bits per heavy atom. The summed E-state index contributed by atoms with van der Waals surface area (Å²) in [5.74, 6) is -2.95. The SMILES string of the molecule is CC(C)(C)OC(=O)N1C(=O)C2=C(c3ccc(Br)s3)N(C(=O)OC(C)(C)C)C(=O)C2=C1c1ccc(Br)s1.CCCCCCc1ccc(-c2ccc(C3=C4C(=O)N(C(=O)OC(C)(C)C)C(c5ccc(-c6ccc(CCCCCC)s6)s5)=C4C(=O)N3C(=O)OC(C)(C)C)s2)s1.CCCCCCc1ccc(B2OC(C)(C)C(C)(C)O2)s1. The van der Waals surface area contributed by atoms with E-state index in [2.05, 4.69) is 117 Å². The molecule has 0 bridgehead atoms. The average molecular weight is 1790 g/mol. The fraction of sp³-hybridized carbons (Fsp3) is 0.476.